The van der Waals surface area contributed by atoms with Crippen LogP contribution in [-0.4, -0.2) is 34.2 Å². The average molecular weight is 414 g/mol. The minimum absolute atomic E-state index is 0.160. The number of nitrogens with one attached hydrogen (secondary N) is 1. The minimum atomic E-state index is -0.160. The minimum Gasteiger partial charge on any atom is -0.486 e. The number of benzene rings is 1. The van der Waals surface area contributed by atoms with Crippen LogP contribution in [0.25, 0.3) is 20.9 Å². The summed E-state index contributed by atoms with van der Waals surface area (Å²) in [6.07, 6.45) is 0.593. The lowest BCUT2D eigenvalue weighted by atomic mass is 10.3. The number of hydrogen-bond acceptors (Lipinski definition) is 9. The van der Waals surface area contributed by atoms with Crippen molar-refractivity contribution in [3.63, 3.8) is 0 Å². The number of ether oxygens (including phenoxy) is 2. The number of rotatable bonds is 5. The van der Waals surface area contributed by atoms with Gasteiger partial charge in [0.05, 0.1) is 15.1 Å². The van der Waals surface area contributed by atoms with Gasteiger partial charge in [-0.1, -0.05) is 22.6 Å². The zero-order chi connectivity index (χ0) is 18.9. The first kappa shape index (κ1) is 17.1. The third kappa shape index (κ3) is 3.43. The standard InChI is InChI=1S/C18H14N4O4S2/c23-15(3-4-16-21-17(22-26-16)13-2-1-7-27-13)20-18-19-10-8-11-12(9-14(10)28-18)25-6-5-24-11/h1-2,7-9H,3-6H2,(H,19,20,23). The number of amides is 1. The molecule has 0 spiro atoms. The molecule has 0 unspecified atom stereocenters. The van der Waals surface area contributed by atoms with Gasteiger partial charge in [-0.15, -0.1) is 11.3 Å². The van der Waals surface area contributed by atoms with E-state index in [-0.39, 0.29) is 12.3 Å². The van der Waals surface area contributed by atoms with Gasteiger partial charge in [0.1, 0.15) is 13.2 Å². The lowest BCUT2D eigenvalue weighted by Crippen LogP contribution is -2.15. The second kappa shape index (κ2) is 7.21. The molecule has 1 aliphatic rings. The van der Waals surface area contributed by atoms with Crippen molar-refractivity contribution in [2.45, 2.75) is 12.8 Å². The van der Waals surface area contributed by atoms with Crippen molar-refractivity contribution >= 4 is 43.9 Å². The second-order valence-corrected chi connectivity index (χ2v) is 8.00. The Labute approximate surface area is 167 Å². The van der Waals surface area contributed by atoms with E-state index in [9.17, 15) is 4.79 Å². The van der Waals surface area contributed by atoms with Gasteiger partial charge in [-0.25, -0.2) is 4.98 Å². The Balaban J connectivity index is 1.23. The van der Waals surface area contributed by atoms with Gasteiger partial charge in [0, 0.05) is 25.0 Å². The van der Waals surface area contributed by atoms with E-state index in [0.29, 0.717) is 48.0 Å². The van der Waals surface area contributed by atoms with Gasteiger partial charge in [-0.3, -0.25) is 4.79 Å². The zero-order valence-electron chi connectivity index (χ0n) is 14.5. The van der Waals surface area contributed by atoms with Crippen molar-refractivity contribution in [3.05, 3.63) is 35.5 Å². The summed E-state index contributed by atoms with van der Waals surface area (Å²) in [6, 6.07) is 7.57. The summed E-state index contributed by atoms with van der Waals surface area (Å²) in [4.78, 5) is 22.0. The zero-order valence-corrected chi connectivity index (χ0v) is 16.1. The molecule has 4 heterocycles. The van der Waals surface area contributed by atoms with E-state index in [1.807, 2.05) is 29.6 Å². The molecule has 0 aliphatic carbocycles. The fraction of sp³-hybridized carbons (Fsp3) is 0.222. The summed E-state index contributed by atoms with van der Waals surface area (Å²) in [5.41, 5.74) is 0.766. The molecule has 0 fully saturated rings. The van der Waals surface area contributed by atoms with Crippen LogP contribution in [0.4, 0.5) is 5.13 Å². The molecule has 3 aromatic heterocycles. The van der Waals surface area contributed by atoms with Crippen LogP contribution in [0.15, 0.2) is 34.2 Å². The molecule has 1 aliphatic heterocycles. The van der Waals surface area contributed by atoms with Crippen molar-refractivity contribution in [2.75, 3.05) is 18.5 Å². The molecule has 0 atom stereocenters. The van der Waals surface area contributed by atoms with Gasteiger partial charge in [-0.2, -0.15) is 4.98 Å². The summed E-state index contributed by atoms with van der Waals surface area (Å²) in [5.74, 6) is 2.21. The van der Waals surface area contributed by atoms with Gasteiger partial charge < -0.3 is 19.3 Å². The Bertz CT molecular complexity index is 1090. The topological polar surface area (TPSA) is 99.4 Å². The lowest BCUT2D eigenvalue weighted by molar-refractivity contribution is -0.116. The van der Waals surface area contributed by atoms with E-state index in [1.54, 1.807) is 0 Å². The van der Waals surface area contributed by atoms with Crippen LogP contribution in [-0.2, 0) is 11.2 Å². The van der Waals surface area contributed by atoms with Crippen molar-refractivity contribution < 1.29 is 18.8 Å². The number of nitrogens with zero attached hydrogens (tertiary/aromatic N) is 3. The van der Waals surface area contributed by atoms with Crippen LogP contribution in [0, 0.1) is 0 Å². The van der Waals surface area contributed by atoms with Crippen molar-refractivity contribution in [1.82, 2.24) is 15.1 Å². The molecule has 4 aromatic rings. The van der Waals surface area contributed by atoms with Crippen LogP contribution >= 0.6 is 22.7 Å². The summed E-state index contributed by atoms with van der Waals surface area (Å²) in [5, 5.41) is 9.26. The molecule has 1 aromatic carbocycles. The summed E-state index contributed by atoms with van der Waals surface area (Å²) >= 11 is 2.93. The number of thiazole rings is 1. The molecule has 0 saturated carbocycles. The van der Waals surface area contributed by atoms with E-state index in [1.165, 1.54) is 22.7 Å². The lowest BCUT2D eigenvalue weighted by Gasteiger charge is -2.17. The van der Waals surface area contributed by atoms with Crippen molar-refractivity contribution in [2.24, 2.45) is 0 Å². The first-order valence-electron chi connectivity index (χ1n) is 8.61. The quantitative estimate of drug-likeness (QED) is 0.531. The maximum atomic E-state index is 12.3. The average Bonchev–Trinajstić information content (AvgIpc) is 3.44. The molecule has 10 heteroatoms. The molecule has 8 nitrogen and oxygen atoms in total. The molecule has 0 radical (unpaired) electrons. The van der Waals surface area contributed by atoms with Crippen LogP contribution in [0.3, 0.4) is 0 Å². The predicted molar refractivity (Wildman–Crippen MR) is 105 cm³/mol. The fourth-order valence-electron chi connectivity index (χ4n) is 2.78. The summed E-state index contributed by atoms with van der Waals surface area (Å²) < 4.78 is 17.3. The fourth-order valence-corrected chi connectivity index (χ4v) is 4.32. The Morgan fingerprint density at radius 1 is 1.18 bits per heavy atom. The van der Waals surface area contributed by atoms with Gasteiger partial charge in [-0.05, 0) is 11.4 Å². The molecular weight excluding hydrogens is 400 g/mol. The van der Waals surface area contributed by atoms with Gasteiger partial charge in [0.15, 0.2) is 16.6 Å². The number of thiophene rings is 1. The maximum Gasteiger partial charge on any atom is 0.227 e. The number of aromatic nitrogens is 3. The molecule has 142 valence electrons. The van der Waals surface area contributed by atoms with E-state index >= 15 is 0 Å². The predicted octanol–water partition coefficient (Wildman–Crippen LogP) is 3.75. The number of carbonyl (C=O) groups is 1. The molecule has 0 saturated heterocycles. The largest absolute Gasteiger partial charge is 0.486 e. The van der Waals surface area contributed by atoms with E-state index in [2.05, 4.69) is 20.4 Å². The van der Waals surface area contributed by atoms with Crippen molar-refractivity contribution in [3.8, 4) is 22.2 Å². The van der Waals surface area contributed by atoms with Crippen LogP contribution in [0.2, 0.25) is 0 Å². The number of carbonyl (C=O) groups excluding carboxylic acids is 1. The van der Waals surface area contributed by atoms with E-state index < -0.39 is 0 Å². The normalized spacial score (nSPS) is 13.0. The number of anilines is 1. The highest BCUT2D eigenvalue weighted by Gasteiger charge is 2.16. The highest BCUT2D eigenvalue weighted by molar-refractivity contribution is 7.22. The van der Waals surface area contributed by atoms with E-state index in [4.69, 9.17) is 14.0 Å². The Morgan fingerprint density at radius 2 is 2.04 bits per heavy atom. The second-order valence-electron chi connectivity index (χ2n) is 6.02. The third-order valence-corrected chi connectivity index (χ3v) is 5.87. The molecule has 5 rings (SSSR count). The van der Waals surface area contributed by atoms with Gasteiger partial charge >= 0.3 is 0 Å². The van der Waals surface area contributed by atoms with Crippen LogP contribution < -0.4 is 14.8 Å². The number of aryl methyl sites for hydroxylation is 1. The molecule has 28 heavy (non-hydrogen) atoms. The Hall–Kier alpha value is -2.98. The first-order valence-corrected chi connectivity index (χ1v) is 10.3. The van der Waals surface area contributed by atoms with E-state index in [0.717, 1.165) is 15.1 Å². The number of hydrogen-bond donors (Lipinski definition) is 1. The summed E-state index contributed by atoms with van der Waals surface area (Å²) in [7, 11) is 0. The smallest absolute Gasteiger partial charge is 0.227 e. The third-order valence-electron chi connectivity index (χ3n) is 4.07. The highest BCUT2D eigenvalue weighted by atomic mass is 32.1. The van der Waals surface area contributed by atoms with Crippen LogP contribution in [0.5, 0.6) is 11.5 Å². The SMILES string of the molecule is O=C(CCc1nc(-c2cccs2)no1)Nc1nc2cc3c(cc2s1)OCCO3. The molecule has 1 amide bonds. The summed E-state index contributed by atoms with van der Waals surface area (Å²) in [6.45, 7) is 1.06. The monoisotopic (exact) mass is 414 g/mol. The number of fused-ring (bicyclic) bond motifs is 2. The van der Waals surface area contributed by atoms with Gasteiger partial charge in [0.2, 0.25) is 17.6 Å². The molecule has 0 bridgehead atoms. The Morgan fingerprint density at radius 3 is 2.86 bits per heavy atom. The maximum absolute atomic E-state index is 12.3. The molecule has 1 N–H and O–H groups in total. The van der Waals surface area contributed by atoms with Crippen molar-refractivity contribution in [1.29, 1.82) is 0 Å². The highest BCUT2D eigenvalue weighted by Crippen LogP contribution is 2.37. The molecular formula is C18H14N4O4S2. The van der Waals surface area contributed by atoms with Gasteiger partial charge in [0.25, 0.3) is 0 Å². The first-order chi connectivity index (χ1) is 13.7. The Kier molecular flexibility index (Phi) is 4.41. The van der Waals surface area contributed by atoms with Crippen LogP contribution in [0.1, 0.15) is 12.3 Å².